The predicted molar refractivity (Wildman–Crippen MR) is 270 cm³/mol. The lowest BCUT2D eigenvalue weighted by molar-refractivity contribution is 0.00242. The maximum atomic E-state index is 7.80. The van der Waals surface area contributed by atoms with Gasteiger partial charge in [-0.05, 0) is 105 Å². The summed E-state index contributed by atoms with van der Waals surface area (Å²) in [5.41, 5.74) is 7.77. The Kier molecular flexibility index (Phi) is 14.0. The molecule has 1 heterocycles. The molecule has 7 rings (SSSR count). The minimum absolute atomic E-state index is 0.279. The number of allylic oxidation sites excluding steroid dienone is 2. The fourth-order valence-corrected chi connectivity index (χ4v) is 17.5. The van der Waals surface area contributed by atoms with Gasteiger partial charge in [-0.25, -0.2) is 0 Å². The second-order valence-corrected chi connectivity index (χ2v) is 26.6. The van der Waals surface area contributed by atoms with E-state index >= 15 is 0 Å². The minimum atomic E-state index is -2.43. The summed E-state index contributed by atoms with van der Waals surface area (Å²) in [6, 6.07) is 40.6. The number of methoxy groups -OCH3 is 1. The zero-order valence-corrected chi connectivity index (χ0v) is 42.7. The molecule has 5 aromatic rings. The molecular weight excluding hydrogens is 824 g/mol. The molecule has 1 aliphatic heterocycles. The van der Waals surface area contributed by atoms with Crippen LogP contribution in [0.25, 0.3) is 11.1 Å². The van der Waals surface area contributed by atoms with Crippen LogP contribution in [0.4, 0.5) is 0 Å². The molecule has 0 spiro atoms. The monoisotopic (exact) mass is 894 g/mol. The van der Waals surface area contributed by atoms with Crippen LogP contribution in [0.1, 0.15) is 129 Å². The first-order chi connectivity index (χ1) is 30.4. The molecule has 0 saturated carbocycles. The second-order valence-electron chi connectivity index (χ2n) is 20.3. The van der Waals surface area contributed by atoms with Crippen molar-refractivity contribution in [2.45, 2.75) is 136 Å². The number of hydrogen-bond donors (Lipinski definition) is 0. The van der Waals surface area contributed by atoms with E-state index in [0.29, 0.717) is 22.4 Å². The number of aryl methyl sites for hydroxylation is 1. The Morgan fingerprint density at radius 3 is 1.67 bits per heavy atom. The van der Waals surface area contributed by atoms with Crippen LogP contribution < -0.4 is 13.7 Å². The Balaban J connectivity index is 1.55. The van der Waals surface area contributed by atoms with E-state index in [9.17, 15) is 0 Å². The van der Waals surface area contributed by atoms with Gasteiger partial charge in [0.25, 0.3) is 8.32 Å². The highest BCUT2D eigenvalue weighted by Crippen LogP contribution is 2.71. The predicted octanol–water partition coefficient (Wildman–Crippen LogP) is 16.7. The average molecular weight is 895 g/mol. The van der Waals surface area contributed by atoms with Crippen molar-refractivity contribution in [2.24, 2.45) is 5.92 Å². The summed E-state index contributed by atoms with van der Waals surface area (Å²) in [6.45, 7) is 29.8. The van der Waals surface area contributed by atoms with Gasteiger partial charge in [-0.2, -0.15) is 0 Å². The van der Waals surface area contributed by atoms with Crippen LogP contribution in [-0.4, -0.2) is 15.4 Å². The highest BCUT2D eigenvalue weighted by Gasteiger charge is 2.67. The van der Waals surface area contributed by atoms with Crippen LogP contribution in [0.5, 0.6) is 17.2 Å². The molecule has 0 radical (unpaired) electrons. The molecule has 2 aliphatic rings. The third-order valence-electron chi connectivity index (χ3n) is 13.7. The zero-order valence-electron chi connectivity index (χ0n) is 40.8. The Bertz CT molecular complexity index is 2390. The van der Waals surface area contributed by atoms with E-state index in [0.717, 1.165) is 56.9 Å². The number of benzene rings is 5. The molecule has 64 heavy (non-hydrogen) atoms. The van der Waals surface area contributed by atoms with Crippen molar-refractivity contribution in [3.63, 3.8) is 0 Å². The smallest absolute Gasteiger partial charge is 0.400 e. The van der Waals surface area contributed by atoms with Gasteiger partial charge in [0.1, 0.15) is 17.2 Å². The summed E-state index contributed by atoms with van der Waals surface area (Å²) in [7, 11) is -2.82. The lowest BCUT2D eigenvalue weighted by atomic mass is 9.65. The molecule has 3 unspecified atom stereocenters. The fourth-order valence-electron chi connectivity index (χ4n) is 10.7. The minimum Gasteiger partial charge on any atom is -0.542 e. The molecule has 0 N–H and O–H groups in total. The van der Waals surface area contributed by atoms with Gasteiger partial charge in [-0.15, -0.1) is 0 Å². The molecule has 0 aromatic heterocycles. The van der Waals surface area contributed by atoms with E-state index in [-0.39, 0.29) is 17.3 Å². The van der Waals surface area contributed by atoms with E-state index in [4.69, 9.17) is 22.7 Å². The summed E-state index contributed by atoms with van der Waals surface area (Å²) >= 11 is 0. The number of hydrogen-bond acceptors (Lipinski definition) is 5. The fraction of sp³-hybridized carbons (Fsp3) is 0.404. The van der Waals surface area contributed by atoms with Crippen LogP contribution in [0.2, 0.25) is 16.6 Å². The highest BCUT2D eigenvalue weighted by molar-refractivity contribution is 7.42. The van der Waals surface area contributed by atoms with E-state index in [1.807, 2.05) is 0 Å². The summed E-state index contributed by atoms with van der Waals surface area (Å²) < 4.78 is 37.1. The normalized spacial score (nSPS) is 20.0. The first-order valence-corrected chi connectivity index (χ1v) is 26.6. The Morgan fingerprint density at radius 1 is 0.688 bits per heavy atom. The molecule has 1 aliphatic carbocycles. The number of ether oxygens (including phenoxy) is 1. The first-order valence-electron chi connectivity index (χ1n) is 23.4. The van der Waals surface area contributed by atoms with Gasteiger partial charge in [0.05, 0.1) is 7.11 Å². The van der Waals surface area contributed by atoms with E-state index < -0.39 is 28.1 Å². The van der Waals surface area contributed by atoms with Crippen molar-refractivity contribution in [1.29, 1.82) is 0 Å². The second kappa shape index (κ2) is 18.8. The largest absolute Gasteiger partial charge is 0.542 e. The standard InChI is InChI=1S/C57H71O5PSi/c1-38(2)49-37-50(53(34-43(49)10)60-64(39(3)4,40(5)6)41(7)8)51-35-48(58-14)36-52(55(11,12)13)54(51)59-63-61-56(44-26-18-15-19-27-44,45-28-20-16-21-29-45)57(62-63,46-30-22-17-23-31-46)47-32-24-25-42(9)33-47/h15-24,26-42H,25H2,1-14H3. The summed E-state index contributed by atoms with van der Waals surface area (Å²) in [5.74, 6) is 2.90. The van der Waals surface area contributed by atoms with Crippen LogP contribution in [0, 0.1) is 12.8 Å². The van der Waals surface area contributed by atoms with E-state index in [1.54, 1.807) is 7.11 Å². The van der Waals surface area contributed by atoms with Gasteiger partial charge >= 0.3 is 8.60 Å². The number of rotatable bonds is 14. The van der Waals surface area contributed by atoms with Crippen LogP contribution in [-0.2, 0) is 25.7 Å². The maximum absolute atomic E-state index is 7.80. The van der Waals surface area contributed by atoms with Crippen LogP contribution in [0.3, 0.4) is 0 Å². The van der Waals surface area contributed by atoms with Gasteiger partial charge in [-0.3, -0.25) is 9.05 Å². The molecule has 1 saturated heterocycles. The molecular formula is C57H71O5PSi. The van der Waals surface area contributed by atoms with E-state index in [2.05, 4.69) is 223 Å². The Hall–Kier alpha value is -4.45. The topological polar surface area (TPSA) is 46.2 Å². The van der Waals surface area contributed by atoms with Gasteiger partial charge in [0, 0.05) is 16.7 Å². The molecule has 5 aromatic carbocycles. The first kappa shape index (κ1) is 47.5. The highest BCUT2D eigenvalue weighted by atomic mass is 31.2. The molecule has 7 heteroatoms. The average Bonchev–Trinajstić information content (AvgIpc) is 3.62. The van der Waals surface area contributed by atoms with Gasteiger partial charge in [-0.1, -0.05) is 192 Å². The maximum Gasteiger partial charge on any atom is 0.400 e. The van der Waals surface area contributed by atoms with Crippen LogP contribution >= 0.6 is 8.60 Å². The SMILES string of the molecule is COc1cc(-c2cc(C(C)C)c(C)cc2O[Si](C(C)C)(C(C)C)C(C)C)c(OP2OC(C3=CC(C)CC=C3)(c3ccccc3)C(c3ccccc3)(c3ccccc3)O2)c(C(C)(C)C)c1. The summed E-state index contributed by atoms with van der Waals surface area (Å²) in [6.07, 6.45) is 7.83. The molecule has 1 fully saturated rings. The van der Waals surface area contributed by atoms with Crippen molar-refractivity contribution in [1.82, 2.24) is 0 Å². The molecule has 338 valence electrons. The lowest BCUT2D eigenvalue weighted by Crippen LogP contribution is -2.50. The Labute approximate surface area is 387 Å². The van der Waals surface area contributed by atoms with Crippen LogP contribution in [0.15, 0.2) is 139 Å². The van der Waals surface area contributed by atoms with Crippen molar-refractivity contribution in [3.05, 3.63) is 172 Å². The molecule has 5 nitrogen and oxygen atoms in total. The van der Waals surface area contributed by atoms with E-state index in [1.165, 1.54) is 11.1 Å². The Morgan fingerprint density at radius 2 is 1.20 bits per heavy atom. The molecule has 0 amide bonds. The lowest BCUT2D eigenvalue weighted by Gasteiger charge is -2.44. The van der Waals surface area contributed by atoms with Gasteiger partial charge < -0.3 is 13.7 Å². The van der Waals surface area contributed by atoms with Crippen molar-refractivity contribution in [3.8, 4) is 28.4 Å². The summed E-state index contributed by atoms with van der Waals surface area (Å²) in [4.78, 5) is 0. The zero-order chi connectivity index (χ0) is 46.2. The molecule has 3 atom stereocenters. The van der Waals surface area contributed by atoms with Crippen molar-refractivity contribution in [2.75, 3.05) is 7.11 Å². The third-order valence-corrected chi connectivity index (χ3v) is 20.8. The quantitative estimate of drug-likeness (QED) is 0.0821. The van der Waals surface area contributed by atoms with Gasteiger partial charge in [0.15, 0.2) is 11.2 Å². The summed E-state index contributed by atoms with van der Waals surface area (Å²) in [5, 5.41) is 0. The van der Waals surface area contributed by atoms with Gasteiger partial charge in [0.2, 0.25) is 0 Å². The third kappa shape index (κ3) is 8.45. The van der Waals surface area contributed by atoms with Crippen molar-refractivity contribution < 1.29 is 22.7 Å². The van der Waals surface area contributed by atoms with Crippen molar-refractivity contribution >= 4 is 16.9 Å². The molecule has 0 bridgehead atoms.